The SMILES string of the molecule is N#CC1(c2ccccn2)CC2CCC(C1)N2C(c1ccccc1)c1ccccc1Cl. The summed E-state index contributed by atoms with van der Waals surface area (Å²) in [5.41, 5.74) is 2.80. The molecule has 3 nitrogen and oxygen atoms in total. The molecule has 4 heteroatoms. The zero-order valence-electron chi connectivity index (χ0n) is 16.8. The summed E-state index contributed by atoms with van der Waals surface area (Å²) in [5, 5.41) is 11.0. The lowest BCUT2D eigenvalue weighted by atomic mass is 9.72. The van der Waals surface area contributed by atoms with E-state index in [-0.39, 0.29) is 6.04 Å². The van der Waals surface area contributed by atoms with Crippen LogP contribution in [-0.2, 0) is 5.41 Å². The van der Waals surface area contributed by atoms with Gasteiger partial charge in [0.25, 0.3) is 0 Å². The summed E-state index contributed by atoms with van der Waals surface area (Å²) in [7, 11) is 0. The normalized spacial score (nSPS) is 26.8. The third-order valence-electron chi connectivity index (χ3n) is 6.83. The zero-order chi connectivity index (χ0) is 20.6. The second-order valence-electron chi connectivity index (χ2n) is 8.48. The Morgan fingerprint density at radius 1 is 0.933 bits per heavy atom. The average Bonchev–Trinajstić information content (AvgIpc) is 3.06. The molecule has 3 heterocycles. The van der Waals surface area contributed by atoms with Crippen molar-refractivity contribution in [2.24, 2.45) is 0 Å². The Hall–Kier alpha value is -2.67. The monoisotopic (exact) mass is 413 g/mol. The molecule has 2 aromatic carbocycles. The van der Waals surface area contributed by atoms with Crippen LogP contribution in [0.15, 0.2) is 79.0 Å². The first-order chi connectivity index (χ1) is 14.7. The van der Waals surface area contributed by atoms with Crippen LogP contribution in [-0.4, -0.2) is 22.0 Å². The lowest BCUT2D eigenvalue weighted by molar-refractivity contribution is 0.0740. The van der Waals surface area contributed by atoms with Crippen molar-refractivity contribution in [2.45, 2.75) is 49.2 Å². The maximum absolute atomic E-state index is 10.2. The van der Waals surface area contributed by atoms with Gasteiger partial charge < -0.3 is 0 Å². The Labute approximate surface area is 182 Å². The molecule has 2 aliphatic heterocycles. The van der Waals surface area contributed by atoms with Gasteiger partial charge in [-0.25, -0.2) is 0 Å². The van der Waals surface area contributed by atoms with Crippen molar-refractivity contribution in [1.82, 2.24) is 9.88 Å². The van der Waals surface area contributed by atoms with Gasteiger partial charge in [0.1, 0.15) is 5.41 Å². The van der Waals surface area contributed by atoms with Crippen LogP contribution in [0.5, 0.6) is 0 Å². The number of piperidine rings is 1. The highest BCUT2D eigenvalue weighted by atomic mass is 35.5. The summed E-state index contributed by atoms with van der Waals surface area (Å²) in [5.74, 6) is 0. The predicted octanol–water partition coefficient (Wildman–Crippen LogP) is 5.91. The maximum Gasteiger partial charge on any atom is 0.102 e. The lowest BCUT2D eigenvalue weighted by Gasteiger charge is -2.47. The van der Waals surface area contributed by atoms with E-state index < -0.39 is 5.41 Å². The zero-order valence-corrected chi connectivity index (χ0v) is 17.5. The van der Waals surface area contributed by atoms with E-state index in [0.717, 1.165) is 42.0 Å². The van der Waals surface area contributed by atoms with Crippen LogP contribution in [0.3, 0.4) is 0 Å². The minimum absolute atomic E-state index is 0.0952. The van der Waals surface area contributed by atoms with Crippen LogP contribution in [0.1, 0.15) is 48.5 Å². The number of hydrogen-bond donors (Lipinski definition) is 0. The molecule has 3 unspecified atom stereocenters. The third kappa shape index (κ3) is 3.21. The van der Waals surface area contributed by atoms with E-state index in [1.807, 2.05) is 30.3 Å². The maximum atomic E-state index is 10.2. The van der Waals surface area contributed by atoms with E-state index in [1.54, 1.807) is 6.20 Å². The summed E-state index contributed by atoms with van der Waals surface area (Å²) < 4.78 is 0. The highest BCUT2D eigenvalue weighted by Gasteiger charge is 2.52. The van der Waals surface area contributed by atoms with Crippen molar-refractivity contribution in [3.8, 4) is 6.07 Å². The molecule has 150 valence electrons. The van der Waals surface area contributed by atoms with Crippen LogP contribution in [0, 0.1) is 11.3 Å². The minimum Gasteiger partial charge on any atom is -0.286 e. The highest BCUT2D eigenvalue weighted by Crippen LogP contribution is 2.51. The van der Waals surface area contributed by atoms with E-state index in [4.69, 9.17) is 11.6 Å². The molecule has 0 aliphatic carbocycles. The summed E-state index contributed by atoms with van der Waals surface area (Å²) in [6.45, 7) is 0. The Morgan fingerprint density at radius 2 is 1.60 bits per heavy atom. The Balaban J connectivity index is 1.57. The number of hydrogen-bond acceptors (Lipinski definition) is 3. The summed E-state index contributed by atoms with van der Waals surface area (Å²) in [4.78, 5) is 7.21. The molecule has 0 N–H and O–H groups in total. The number of benzene rings is 2. The fraction of sp³-hybridized carbons (Fsp3) is 0.308. The number of aromatic nitrogens is 1. The Morgan fingerprint density at radius 3 is 2.23 bits per heavy atom. The molecule has 2 aliphatic rings. The molecule has 2 bridgehead atoms. The number of halogens is 1. The van der Waals surface area contributed by atoms with Gasteiger partial charge in [-0.1, -0.05) is 66.2 Å². The molecule has 1 aromatic heterocycles. The van der Waals surface area contributed by atoms with Crippen LogP contribution in [0.25, 0.3) is 0 Å². The molecule has 0 amide bonds. The largest absolute Gasteiger partial charge is 0.286 e. The molecule has 2 fully saturated rings. The van der Waals surface area contributed by atoms with Crippen molar-refractivity contribution < 1.29 is 0 Å². The first-order valence-corrected chi connectivity index (χ1v) is 11.0. The molecule has 0 radical (unpaired) electrons. The Kier molecular flexibility index (Phi) is 5.06. The molecule has 0 spiro atoms. The summed E-state index contributed by atoms with van der Waals surface area (Å²) >= 11 is 6.69. The minimum atomic E-state index is -0.509. The van der Waals surface area contributed by atoms with Gasteiger partial charge in [-0.05, 0) is 55.0 Å². The summed E-state index contributed by atoms with van der Waals surface area (Å²) in [6.07, 6.45) is 5.64. The van der Waals surface area contributed by atoms with Crippen molar-refractivity contribution >= 4 is 11.6 Å². The molecule has 3 atom stereocenters. The first-order valence-electron chi connectivity index (χ1n) is 10.6. The topological polar surface area (TPSA) is 39.9 Å². The van der Waals surface area contributed by atoms with Gasteiger partial charge in [-0.2, -0.15) is 5.26 Å². The molecule has 2 saturated heterocycles. The van der Waals surface area contributed by atoms with E-state index in [1.165, 1.54) is 5.56 Å². The number of nitrogens with zero attached hydrogens (tertiary/aromatic N) is 3. The standard InChI is InChI=1S/C26H24ClN3/c27-23-11-5-4-10-22(23)25(19-8-2-1-3-9-19)30-20-13-14-21(30)17-26(16-20,18-28)24-12-6-7-15-29-24/h1-12,15,20-21,25H,13-14,16-17H2. The van der Waals surface area contributed by atoms with Gasteiger partial charge in [0.2, 0.25) is 0 Å². The fourth-order valence-corrected chi connectivity index (χ4v) is 5.79. The quantitative estimate of drug-likeness (QED) is 0.533. The van der Waals surface area contributed by atoms with E-state index in [2.05, 4.69) is 58.4 Å². The fourth-order valence-electron chi connectivity index (χ4n) is 5.55. The van der Waals surface area contributed by atoms with Crippen LogP contribution < -0.4 is 0 Å². The van der Waals surface area contributed by atoms with Gasteiger partial charge in [0, 0.05) is 23.3 Å². The molecular weight excluding hydrogens is 390 g/mol. The van der Waals surface area contributed by atoms with Gasteiger partial charge in [0.05, 0.1) is 17.8 Å². The van der Waals surface area contributed by atoms with Crippen molar-refractivity contribution in [3.63, 3.8) is 0 Å². The van der Waals surface area contributed by atoms with Gasteiger partial charge in [0.15, 0.2) is 0 Å². The van der Waals surface area contributed by atoms with Crippen molar-refractivity contribution in [2.75, 3.05) is 0 Å². The van der Waals surface area contributed by atoms with Crippen LogP contribution >= 0.6 is 11.6 Å². The van der Waals surface area contributed by atoms with E-state index >= 15 is 0 Å². The number of nitriles is 1. The molecule has 0 saturated carbocycles. The lowest BCUT2D eigenvalue weighted by Crippen LogP contribution is -2.50. The van der Waals surface area contributed by atoms with Gasteiger partial charge in [-0.3, -0.25) is 9.88 Å². The number of rotatable bonds is 4. The molecule has 5 rings (SSSR count). The first kappa shape index (κ1) is 19.3. The predicted molar refractivity (Wildman–Crippen MR) is 119 cm³/mol. The Bertz CT molecular complexity index is 1050. The number of pyridine rings is 1. The second kappa shape index (κ2) is 7.87. The second-order valence-corrected chi connectivity index (χ2v) is 8.89. The molecular formula is C26H24ClN3. The van der Waals surface area contributed by atoms with Gasteiger partial charge >= 0.3 is 0 Å². The highest BCUT2D eigenvalue weighted by molar-refractivity contribution is 6.31. The van der Waals surface area contributed by atoms with Crippen LogP contribution in [0.4, 0.5) is 0 Å². The third-order valence-corrected chi connectivity index (χ3v) is 7.17. The average molecular weight is 414 g/mol. The van der Waals surface area contributed by atoms with E-state index in [0.29, 0.717) is 12.1 Å². The van der Waals surface area contributed by atoms with Crippen LogP contribution in [0.2, 0.25) is 5.02 Å². The number of fused-ring (bicyclic) bond motifs is 2. The smallest absolute Gasteiger partial charge is 0.102 e. The van der Waals surface area contributed by atoms with E-state index in [9.17, 15) is 5.26 Å². The molecule has 30 heavy (non-hydrogen) atoms. The summed E-state index contributed by atoms with van der Waals surface area (Å²) in [6, 6.07) is 28.1. The van der Waals surface area contributed by atoms with Gasteiger partial charge in [-0.15, -0.1) is 0 Å². The molecule has 3 aromatic rings. The van der Waals surface area contributed by atoms with Crippen molar-refractivity contribution in [1.29, 1.82) is 5.26 Å². The van der Waals surface area contributed by atoms with Crippen molar-refractivity contribution in [3.05, 3.63) is 101 Å².